The number of hydrogen-bond donors (Lipinski definition) is 0. The van der Waals surface area contributed by atoms with Crippen LogP contribution in [0.3, 0.4) is 0 Å². The molecule has 0 fully saturated rings. The van der Waals surface area contributed by atoms with Gasteiger partial charge in [0.1, 0.15) is 6.61 Å². The van der Waals surface area contributed by atoms with E-state index >= 15 is 0 Å². The molecule has 0 N–H and O–H groups in total. The number of nitrogens with zero attached hydrogens (tertiary/aromatic N) is 3. The zero-order valence-electron chi connectivity index (χ0n) is 19.2. The van der Waals surface area contributed by atoms with Crippen LogP contribution in [0.25, 0.3) is 0 Å². The Morgan fingerprint density at radius 1 is 1.07 bits per heavy atom. The first-order valence-electron chi connectivity index (χ1n) is 10.2. The molecule has 4 heteroatoms. The van der Waals surface area contributed by atoms with Gasteiger partial charge in [-0.05, 0) is 67.5 Å². The highest BCUT2D eigenvalue weighted by atomic mass is 16.6. The first kappa shape index (κ1) is 22.7. The summed E-state index contributed by atoms with van der Waals surface area (Å²) in [6.07, 6.45) is 1.87. The van der Waals surface area contributed by atoms with Gasteiger partial charge in [0.15, 0.2) is 0 Å². The largest absolute Gasteiger partial charge is 0.391 e. The molecule has 0 amide bonds. The van der Waals surface area contributed by atoms with Gasteiger partial charge in [0, 0.05) is 19.2 Å². The van der Waals surface area contributed by atoms with Crippen molar-refractivity contribution in [1.82, 2.24) is 4.90 Å². The number of rotatable bonds is 7. The summed E-state index contributed by atoms with van der Waals surface area (Å²) in [5.41, 5.74) is 7.81. The predicted octanol–water partition coefficient (Wildman–Crippen LogP) is 6.15. The normalized spacial score (nSPS) is 12.5. The third-order valence-electron chi connectivity index (χ3n) is 5.08. The van der Waals surface area contributed by atoms with Crippen molar-refractivity contribution >= 4 is 17.7 Å². The second-order valence-electron chi connectivity index (χ2n) is 8.67. The molecule has 0 unspecified atom stereocenters. The minimum Gasteiger partial charge on any atom is -0.391 e. The van der Waals surface area contributed by atoms with Crippen LogP contribution in [-0.2, 0) is 16.9 Å². The maximum absolute atomic E-state index is 5.63. The van der Waals surface area contributed by atoms with Gasteiger partial charge in [0.05, 0.1) is 17.7 Å². The van der Waals surface area contributed by atoms with Crippen molar-refractivity contribution in [1.29, 1.82) is 0 Å². The molecule has 0 radical (unpaired) electrons. The summed E-state index contributed by atoms with van der Waals surface area (Å²) in [5.74, 6) is 0. The number of aliphatic imine (C=N–C) groups is 1. The summed E-state index contributed by atoms with van der Waals surface area (Å²) < 4.78 is 0. The maximum Gasteiger partial charge on any atom is 0.142 e. The monoisotopic (exact) mass is 393 g/mol. The van der Waals surface area contributed by atoms with E-state index in [-0.39, 0.29) is 5.41 Å². The molecule has 0 aliphatic rings. The van der Waals surface area contributed by atoms with E-state index in [1.807, 2.05) is 20.3 Å². The maximum atomic E-state index is 5.63. The Bertz CT molecular complexity index is 874. The van der Waals surface area contributed by atoms with Crippen molar-refractivity contribution in [3.05, 3.63) is 64.2 Å². The zero-order valence-corrected chi connectivity index (χ0v) is 19.2. The van der Waals surface area contributed by atoms with E-state index in [0.717, 1.165) is 40.2 Å². The van der Waals surface area contributed by atoms with Gasteiger partial charge in [0.2, 0.25) is 0 Å². The standard InChI is InChI=1S/C25H35N3O/c1-9-28(8)17-26-24-15-18(2)23(14-19(24)3)20(4)27-29-16-21-10-12-22(13-11-21)25(5,6)7/h10-15,17H,9,16H2,1-8H3/b26-17?,27-20+. The van der Waals surface area contributed by atoms with E-state index < -0.39 is 0 Å². The first-order valence-corrected chi connectivity index (χ1v) is 10.2. The highest BCUT2D eigenvalue weighted by molar-refractivity contribution is 6.00. The second-order valence-corrected chi connectivity index (χ2v) is 8.67. The fourth-order valence-electron chi connectivity index (χ4n) is 2.93. The number of benzene rings is 2. The summed E-state index contributed by atoms with van der Waals surface area (Å²) in [6.45, 7) is 16.3. The second kappa shape index (κ2) is 9.73. The molecular weight excluding hydrogens is 358 g/mol. The highest BCUT2D eigenvalue weighted by Crippen LogP contribution is 2.24. The van der Waals surface area contributed by atoms with Gasteiger partial charge in [-0.1, -0.05) is 50.2 Å². The van der Waals surface area contributed by atoms with Gasteiger partial charge in [-0.25, -0.2) is 4.99 Å². The third-order valence-corrected chi connectivity index (χ3v) is 5.08. The molecule has 0 bridgehead atoms. The topological polar surface area (TPSA) is 37.2 Å². The fraction of sp³-hybridized carbons (Fsp3) is 0.440. The van der Waals surface area contributed by atoms with Gasteiger partial charge in [-0.2, -0.15) is 0 Å². The molecule has 2 rings (SSSR count). The van der Waals surface area contributed by atoms with E-state index in [4.69, 9.17) is 4.84 Å². The van der Waals surface area contributed by atoms with E-state index in [9.17, 15) is 0 Å². The lowest BCUT2D eigenvalue weighted by Gasteiger charge is -2.19. The molecule has 0 atom stereocenters. The summed E-state index contributed by atoms with van der Waals surface area (Å²) in [6, 6.07) is 12.8. The highest BCUT2D eigenvalue weighted by Gasteiger charge is 2.13. The summed E-state index contributed by atoms with van der Waals surface area (Å²) >= 11 is 0. The van der Waals surface area contributed by atoms with Crippen LogP contribution in [0.15, 0.2) is 46.5 Å². The number of oxime groups is 1. The van der Waals surface area contributed by atoms with Crippen molar-refractivity contribution in [2.24, 2.45) is 10.1 Å². The molecule has 156 valence electrons. The Kier molecular flexibility index (Phi) is 7.60. The van der Waals surface area contributed by atoms with Gasteiger partial charge < -0.3 is 9.74 Å². The Morgan fingerprint density at radius 3 is 2.31 bits per heavy atom. The average Bonchev–Trinajstić information content (AvgIpc) is 2.67. The van der Waals surface area contributed by atoms with Gasteiger partial charge in [-0.3, -0.25) is 0 Å². The summed E-state index contributed by atoms with van der Waals surface area (Å²) in [5, 5.41) is 4.35. The van der Waals surface area contributed by atoms with Crippen molar-refractivity contribution < 1.29 is 4.84 Å². The molecule has 0 saturated heterocycles. The van der Waals surface area contributed by atoms with Crippen LogP contribution in [0, 0.1) is 13.8 Å². The quantitative estimate of drug-likeness (QED) is 0.321. The number of hydrogen-bond acceptors (Lipinski definition) is 3. The van der Waals surface area contributed by atoms with E-state index in [0.29, 0.717) is 6.61 Å². The van der Waals surface area contributed by atoms with E-state index in [1.165, 1.54) is 5.56 Å². The molecular formula is C25H35N3O. The fourth-order valence-corrected chi connectivity index (χ4v) is 2.93. The smallest absolute Gasteiger partial charge is 0.142 e. The van der Waals surface area contributed by atoms with E-state index in [2.05, 4.69) is 93.0 Å². The molecule has 0 heterocycles. The lowest BCUT2D eigenvalue weighted by Crippen LogP contribution is -2.14. The average molecular weight is 394 g/mol. The molecule has 0 aliphatic carbocycles. The Morgan fingerprint density at radius 2 is 1.72 bits per heavy atom. The van der Waals surface area contributed by atoms with Crippen molar-refractivity contribution in [3.63, 3.8) is 0 Å². The zero-order chi connectivity index (χ0) is 21.6. The van der Waals surface area contributed by atoms with Gasteiger partial charge in [-0.15, -0.1) is 0 Å². The third kappa shape index (κ3) is 6.45. The van der Waals surface area contributed by atoms with Gasteiger partial charge in [0.25, 0.3) is 0 Å². The van der Waals surface area contributed by atoms with Crippen LogP contribution >= 0.6 is 0 Å². The minimum atomic E-state index is 0.158. The molecule has 2 aromatic carbocycles. The lowest BCUT2D eigenvalue weighted by atomic mass is 9.87. The molecule has 0 aliphatic heterocycles. The van der Waals surface area contributed by atoms with Crippen LogP contribution in [0.5, 0.6) is 0 Å². The van der Waals surface area contributed by atoms with Crippen LogP contribution in [0.1, 0.15) is 62.4 Å². The first-order chi connectivity index (χ1) is 13.6. The molecule has 0 aromatic heterocycles. The molecule has 0 spiro atoms. The summed E-state index contributed by atoms with van der Waals surface area (Å²) in [4.78, 5) is 12.3. The van der Waals surface area contributed by atoms with Crippen LogP contribution in [-0.4, -0.2) is 30.5 Å². The van der Waals surface area contributed by atoms with Crippen molar-refractivity contribution in [2.45, 2.75) is 60.5 Å². The molecule has 0 saturated carbocycles. The Balaban J connectivity index is 2.07. The van der Waals surface area contributed by atoms with Crippen LogP contribution in [0.2, 0.25) is 0 Å². The SMILES string of the molecule is CCN(C)C=Nc1cc(C)c(/C(C)=N/OCc2ccc(C(C)(C)C)cc2)cc1C. The van der Waals surface area contributed by atoms with Crippen molar-refractivity contribution in [3.8, 4) is 0 Å². The molecule has 4 nitrogen and oxygen atoms in total. The lowest BCUT2D eigenvalue weighted by molar-refractivity contribution is 0.130. The minimum absolute atomic E-state index is 0.158. The summed E-state index contributed by atoms with van der Waals surface area (Å²) in [7, 11) is 2.02. The Hall–Kier alpha value is -2.62. The predicted molar refractivity (Wildman–Crippen MR) is 125 cm³/mol. The van der Waals surface area contributed by atoms with Crippen LogP contribution < -0.4 is 0 Å². The van der Waals surface area contributed by atoms with Crippen molar-refractivity contribution in [2.75, 3.05) is 13.6 Å². The molecule has 2 aromatic rings. The molecule has 29 heavy (non-hydrogen) atoms. The number of aryl methyl sites for hydroxylation is 2. The van der Waals surface area contributed by atoms with Gasteiger partial charge >= 0.3 is 0 Å². The Labute approximate surface area is 176 Å². The van der Waals surface area contributed by atoms with E-state index in [1.54, 1.807) is 0 Å². The van der Waals surface area contributed by atoms with Crippen LogP contribution in [0.4, 0.5) is 5.69 Å².